The van der Waals surface area contributed by atoms with Gasteiger partial charge in [0.25, 0.3) is 5.91 Å². The van der Waals surface area contributed by atoms with Gasteiger partial charge >= 0.3 is 0 Å². The van der Waals surface area contributed by atoms with Crippen molar-refractivity contribution in [1.29, 1.82) is 0 Å². The fourth-order valence-electron chi connectivity index (χ4n) is 2.06. The number of amides is 1. The number of methoxy groups -OCH3 is 1. The number of carbonyl (C=O) groups excluding carboxylic acids is 1. The number of hydrogen-bond donors (Lipinski definition) is 0. The second-order valence-corrected chi connectivity index (χ2v) is 4.74. The maximum absolute atomic E-state index is 12.5. The molecule has 0 spiro atoms. The first-order valence-corrected chi connectivity index (χ1v) is 6.52. The predicted molar refractivity (Wildman–Crippen MR) is 76.4 cm³/mol. The van der Waals surface area contributed by atoms with E-state index in [1.165, 1.54) is 0 Å². The SMILES string of the molecule is COCc1cccc(C(=O)N(C)C(C)c2ccco2)c1. The zero-order chi connectivity index (χ0) is 14.5. The van der Waals surface area contributed by atoms with Gasteiger partial charge in [-0.3, -0.25) is 4.79 Å². The molecule has 0 N–H and O–H groups in total. The van der Waals surface area contributed by atoms with Gasteiger partial charge in [-0.05, 0) is 36.8 Å². The third-order valence-electron chi connectivity index (χ3n) is 3.34. The van der Waals surface area contributed by atoms with E-state index < -0.39 is 0 Å². The normalized spacial score (nSPS) is 12.2. The summed E-state index contributed by atoms with van der Waals surface area (Å²) < 4.78 is 10.4. The molecule has 2 rings (SSSR count). The molecule has 4 nitrogen and oxygen atoms in total. The minimum absolute atomic E-state index is 0.0353. The number of furan rings is 1. The molecule has 4 heteroatoms. The van der Waals surface area contributed by atoms with Gasteiger partial charge in [0.15, 0.2) is 0 Å². The van der Waals surface area contributed by atoms with Gasteiger partial charge in [0.2, 0.25) is 0 Å². The van der Waals surface area contributed by atoms with Crippen molar-refractivity contribution in [1.82, 2.24) is 4.90 Å². The van der Waals surface area contributed by atoms with Crippen LogP contribution in [0.1, 0.15) is 34.6 Å². The van der Waals surface area contributed by atoms with E-state index in [9.17, 15) is 4.79 Å². The first-order chi connectivity index (χ1) is 9.63. The summed E-state index contributed by atoms with van der Waals surface area (Å²) in [6.07, 6.45) is 1.61. The van der Waals surface area contributed by atoms with Crippen molar-refractivity contribution < 1.29 is 13.9 Å². The smallest absolute Gasteiger partial charge is 0.254 e. The van der Waals surface area contributed by atoms with Crippen LogP contribution in [0, 0.1) is 0 Å². The maximum Gasteiger partial charge on any atom is 0.254 e. The lowest BCUT2D eigenvalue weighted by atomic mass is 10.1. The van der Waals surface area contributed by atoms with Gasteiger partial charge in [-0.15, -0.1) is 0 Å². The molecule has 1 aromatic carbocycles. The van der Waals surface area contributed by atoms with E-state index in [1.807, 2.05) is 43.3 Å². The van der Waals surface area contributed by atoms with Crippen LogP contribution in [0.5, 0.6) is 0 Å². The molecule has 20 heavy (non-hydrogen) atoms. The molecule has 0 fully saturated rings. The van der Waals surface area contributed by atoms with Crippen molar-refractivity contribution in [2.45, 2.75) is 19.6 Å². The van der Waals surface area contributed by atoms with Gasteiger partial charge in [-0.25, -0.2) is 0 Å². The molecular weight excluding hydrogens is 254 g/mol. The number of benzene rings is 1. The summed E-state index contributed by atoms with van der Waals surface area (Å²) in [4.78, 5) is 14.2. The summed E-state index contributed by atoms with van der Waals surface area (Å²) in [6, 6.07) is 11.1. The highest BCUT2D eigenvalue weighted by molar-refractivity contribution is 5.94. The summed E-state index contributed by atoms with van der Waals surface area (Å²) in [5, 5.41) is 0. The van der Waals surface area contributed by atoms with Crippen LogP contribution in [-0.4, -0.2) is 25.0 Å². The number of carbonyl (C=O) groups is 1. The average molecular weight is 273 g/mol. The third-order valence-corrected chi connectivity index (χ3v) is 3.34. The number of nitrogens with zero attached hydrogens (tertiary/aromatic N) is 1. The molecular formula is C16H19NO3. The van der Waals surface area contributed by atoms with Crippen LogP contribution in [0.4, 0.5) is 0 Å². The second kappa shape index (κ2) is 6.39. The average Bonchev–Trinajstić information content (AvgIpc) is 3.00. The Balaban J connectivity index is 2.16. The highest BCUT2D eigenvalue weighted by atomic mass is 16.5. The molecule has 1 atom stereocenters. The summed E-state index contributed by atoms with van der Waals surface area (Å²) in [5.74, 6) is 0.737. The van der Waals surface area contributed by atoms with Gasteiger partial charge < -0.3 is 14.1 Å². The van der Waals surface area contributed by atoms with Crippen molar-refractivity contribution in [3.63, 3.8) is 0 Å². The molecule has 0 aliphatic heterocycles. The van der Waals surface area contributed by atoms with Crippen LogP contribution in [0.25, 0.3) is 0 Å². The number of ether oxygens (including phenoxy) is 1. The third kappa shape index (κ3) is 3.08. The molecule has 0 saturated carbocycles. The first kappa shape index (κ1) is 14.3. The molecule has 1 amide bonds. The number of hydrogen-bond acceptors (Lipinski definition) is 3. The lowest BCUT2D eigenvalue weighted by Crippen LogP contribution is -2.29. The van der Waals surface area contributed by atoms with E-state index in [4.69, 9.17) is 9.15 Å². The van der Waals surface area contributed by atoms with Gasteiger partial charge in [0.1, 0.15) is 5.76 Å². The van der Waals surface area contributed by atoms with Crippen LogP contribution in [0.15, 0.2) is 47.1 Å². The summed E-state index contributed by atoms with van der Waals surface area (Å²) in [7, 11) is 3.41. The number of rotatable bonds is 5. The Labute approximate surface area is 119 Å². The molecule has 0 saturated heterocycles. The lowest BCUT2D eigenvalue weighted by molar-refractivity contribution is 0.0726. The monoisotopic (exact) mass is 273 g/mol. The van der Waals surface area contributed by atoms with Gasteiger partial charge in [-0.2, -0.15) is 0 Å². The minimum atomic E-state index is -0.108. The molecule has 0 aliphatic carbocycles. The summed E-state index contributed by atoms with van der Waals surface area (Å²) in [5.41, 5.74) is 1.64. The molecule has 0 aliphatic rings. The summed E-state index contributed by atoms with van der Waals surface area (Å²) >= 11 is 0. The van der Waals surface area contributed by atoms with Crippen LogP contribution in [0.2, 0.25) is 0 Å². The molecule has 1 aromatic heterocycles. The summed E-state index contributed by atoms with van der Waals surface area (Å²) in [6.45, 7) is 2.44. The Kier molecular flexibility index (Phi) is 4.58. The maximum atomic E-state index is 12.5. The lowest BCUT2D eigenvalue weighted by Gasteiger charge is -2.23. The Morgan fingerprint density at radius 3 is 2.80 bits per heavy atom. The Morgan fingerprint density at radius 2 is 2.15 bits per heavy atom. The first-order valence-electron chi connectivity index (χ1n) is 6.52. The van der Waals surface area contributed by atoms with Gasteiger partial charge in [0, 0.05) is 19.7 Å². The van der Waals surface area contributed by atoms with Crippen LogP contribution >= 0.6 is 0 Å². The van der Waals surface area contributed by atoms with Crippen molar-refractivity contribution >= 4 is 5.91 Å². The van der Waals surface area contributed by atoms with E-state index in [1.54, 1.807) is 25.3 Å². The van der Waals surface area contributed by atoms with Crippen LogP contribution in [-0.2, 0) is 11.3 Å². The Bertz CT molecular complexity index is 563. The predicted octanol–water partition coefficient (Wildman–Crippen LogP) is 3.26. The van der Waals surface area contributed by atoms with Crippen molar-refractivity contribution in [3.05, 3.63) is 59.5 Å². The van der Waals surface area contributed by atoms with Gasteiger partial charge in [0.05, 0.1) is 18.9 Å². The standard InChI is InChI=1S/C16H19NO3/c1-12(15-8-5-9-20-15)17(2)16(18)14-7-4-6-13(10-14)11-19-3/h4-10,12H,11H2,1-3H3. The topological polar surface area (TPSA) is 42.7 Å². The van der Waals surface area contributed by atoms with Crippen LogP contribution < -0.4 is 0 Å². The highest BCUT2D eigenvalue weighted by Crippen LogP contribution is 2.21. The molecule has 106 valence electrons. The van der Waals surface area contributed by atoms with E-state index in [0.717, 1.165) is 11.3 Å². The molecule has 1 unspecified atom stereocenters. The van der Waals surface area contributed by atoms with E-state index in [-0.39, 0.29) is 11.9 Å². The van der Waals surface area contributed by atoms with E-state index in [2.05, 4.69) is 0 Å². The van der Waals surface area contributed by atoms with E-state index >= 15 is 0 Å². The molecule has 0 radical (unpaired) electrons. The fraction of sp³-hybridized carbons (Fsp3) is 0.312. The zero-order valence-electron chi connectivity index (χ0n) is 12.0. The van der Waals surface area contributed by atoms with Crippen molar-refractivity contribution in [3.8, 4) is 0 Å². The van der Waals surface area contributed by atoms with Crippen LogP contribution in [0.3, 0.4) is 0 Å². The Morgan fingerprint density at radius 1 is 1.35 bits per heavy atom. The second-order valence-electron chi connectivity index (χ2n) is 4.74. The molecule has 1 heterocycles. The quantitative estimate of drug-likeness (QED) is 0.839. The van der Waals surface area contributed by atoms with Crippen molar-refractivity contribution in [2.24, 2.45) is 0 Å². The zero-order valence-corrected chi connectivity index (χ0v) is 12.0. The van der Waals surface area contributed by atoms with Crippen molar-refractivity contribution in [2.75, 3.05) is 14.2 Å². The molecule has 0 bridgehead atoms. The fourth-order valence-corrected chi connectivity index (χ4v) is 2.06. The van der Waals surface area contributed by atoms with Gasteiger partial charge in [-0.1, -0.05) is 12.1 Å². The largest absolute Gasteiger partial charge is 0.467 e. The Hall–Kier alpha value is -2.07. The molecule has 2 aromatic rings. The highest BCUT2D eigenvalue weighted by Gasteiger charge is 2.20. The minimum Gasteiger partial charge on any atom is -0.467 e. The van der Waals surface area contributed by atoms with E-state index in [0.29, 0.717) is 12.2 Å².